The first-order chi connectivity index (χ1) is 6.58. The summed E-state index contributed by atoms with van der Waals surface area (Å²) in [5.41, 5.74) is 0. The Morgan fingerprint density at radius 3 is 1.71 bits per heavy atom. The molecule has 14 heavy (non-hydrogen) atoms. The lowest BCUT2D eigenvalue weighted by Gasteiger charge is -2.45. The van der Waals surface area contributed by atoms with E-state index < -0.39 is 8.56 Å². The number of nitrogens with one attached hydrogen (secondary N) is 1. The third-order valence-electron chi connectivity index (χ3n) is 2.98. The van der Waals surface area contributed by atoms with E-state index in [0.29, 0.717) is 0 Å². The zero-order valence-corrected chi connectivity index (χ0v) is 11.7. The molecule has 0 aromatic heterocycles. The van der Waals surface area contributed by atoms with E-state index in [2.05, 4.69) is 55.9 Å². The lowest BCUT2D eigenvalue weighted by Crippen LogP contribution is -2.72. The molecule has 1 atom stereocenters. The van der Waals surface area contributed by atoms with Crippen LogP contribution in [0.2, 0.25) is 6.04 Å². The Morgan fingerprint density at radius 2 is 1.50 bits per heavy atom. The Balaban J connectivity index is 4.79. The van der Waals surface area contributed by atoms with E-state index in [4.69, 9.17) is 0 Å². The van der Waals surface area contributed by atoms with Crippen molar-refractivity contribution in [1.82, 2.24) is 14.1 Å². The minimum absolute atomic E-state index is 1.06. The number of hydrogen-bond acceptors (Lipinski definition) is 3. The van der Waals surface area contributed by atoms with Crippen molar-refractivity contribution in [3.8, 4) is 0 Å². The molecule has 0 aliphatic heterocycles. The maximum atomic E-state index is 3.74. The lowest BCUT2D eigenvalue weighted by atomic mass is 10.7. The predicted octanol–water partition coefficient (Wildman–Crippen LogP) is 1.46. The molecular formula is C10H27N3Si. The molecule has 1 unspecified atom stereocenters. The summed E-state index contributed by atoms with van der Waals surface area (Å²) in [4.78, 5) is 3.74. The molecule has 0 amide bonds. The minimum Gasteiger partial charge on any atom is -0.313 e. The third-order valence-corrected chi connectivity index (χ3v) is 8.04. The molecule has 0 spiro atoms. The van der Waals surface area contributed by atoms with Crippen LogP contribution < -0.4 is 4.98 Å². The van der Waals surface area contributed by atoms with Gasteiger partial charge in [0.05, 0.1) is 0 Å². The summed E-state index contributed by atoms with van der Waals surface area (Å²) in [6, 6.07) is 1.23. The highest BCUT2D eigenvalue weighted by molar-refractivity contribution is 6.71. The molecule has 0 rings (SSSR count). The molecule has 4 heteroatoms. The van der Waals surface area contributed by atoms with Gasteiger partial charge in [-0.2, -0.15) is 0 Å². The maximum absolute atomic E-state index is 3.74. The van der Waals surface area contributed by atoms with Gasteiger partial charge in [-0.1, -0.05) is 27.7 Å². The van der Waals surface area contributed by atoms with Crippen molar-refractivity contribution in [1.29, 1.82) is 0 Å². The van der Waals surface area contributed by atoms with Crippen molar-refractivity contribution in [2.45, 2.75) is 33.7 Å². The summed E-state index contributed by atoms with van der Waals surface area (Å²) in [6.45, 7) is 12.3. The van der Waals surface area contributed by atoms with E-state index in [1.165, 1.54) is 6.04 Å². The second-order valence-electron chi connectivity index (χ2n) is 3.77. The SMILES string of the molecule is CCN[Si](CC)(N(C)C)N(CC)CC. The molecule has 0 radical (unpaired) electrons. The number of rotatable bonds is 7. The van der Waals surface area contributed by atoms with Gasteiger partial charge in [0.15, 0.2) is 0 Å². The summed E-state index contributed by atoms with van der Waals surface area (Å²) in [5.74, 6) is 0. The van der Waals surface area contributed by atoms with E-state index in [1.54, 1.807) is 0 Å². The topological polar surface area (TPSA) is 18.5 Å². The molecule has 0 aromatic carbocycles. The van der Waals surface area contributed by atoms with Gasteiger partial charge in [-0.05, 0) is 39.8 Å². The van der Waals surface area contributed by atoms with Crippen LogP contribution in [0.15, 0.2) is 0 Å². The van der Waals surface area contributed by atoms with Gasteiger partial charge in [0.2, 0.25) is 0 Å². The Kier molecular flexibility index (Phi) is 6.60. The van der Waals surface area contributed by atoms with Crippen molar-refractivity contribution in [3.63, 3.8) is 0 Å². The predicted molar refractivity (Wildman–Crippen MR) is 66.5 cm³/mol. The van der Waals surface area contributed by atoms with Gasteiger partial charge in [0, 0.05) is 0 Å². The van der Waals surface area contributed by atoms with Crippen LogP contribution in [-0.2, 0) is 0 Å². The van der Waals surface area contributed by atoms with E-state index in [0.717, 1.165) is 19.6 Å². The molecule has 0 fully saturated rings. The summed E-state index contributed by atoms with van der Waals surface area (Å²) in [6.07, 6.45) is 0. The number of nitrogens with zero attached hydrogens (tertiary/aromatic N) is 2. The summed E-state index contributed by atoms with van der Waals surface area (Å²) < 4.78 is 5.03. The minimum atomic E-state index is -1.56. The van der Waals surface area contributed by atoms with E-state index in [1.807, 2.05) is 0 Å². The van der Waals surface area contributed by atoms with Gasteiger partial charge < -0.3 is 14.1 Å². The van der Waals surface area contributed by atoms with Crippen molar-refractivity contribution in [3.05, 3.63) is 0 Å². The third kappa shape index (κ3) is 2.79. The zero-order chi connectivity index (χ0) is 11.2. The second kappa shape index (κ2) is 6.56. The maximum Gasteiger partial charge on any atom is 0.286 e. The average molecular weight is 217 g/mol. The van der Waals surface area contributed by atoms with Crippen LogP contribution in [0.5, 0.6) is 0 Å². The van der Waals surface area contributed by atoms with Gasteiger partial charge in [-0.15, -0.1) is 0 Å². The standard InChI is InChI=1S/C10H27N3Si/c1-7-11-14(10-4,12(5)6)13(8-2)9-3/h11H,7-10H2,1-6H3. The van der Waals surface area contributed by atoms with Crippen LogP contribution in [0.3, 0.4) is 0 Å². The summed E-state index contributed by atoms with van der Waals surface area (Å²) in [7, 11) is 2.85. The first kappa shape index (κ1) is 14.1. The van der Waals surface area contributed by atoms with E-state index >= 15 is 0 Å². The van der Waals surface area contributed by atoms with Crippen LogP contribution in [0.4, 0.5) is 0 Å². The van der Waals surface area contributed by atoms with Crippen LogP contribution in [-0.4, -0.2) is 51.4 Å². The number of hydrogen-bond donors (Lipinski definition) is 1. The highest BCUT2D eigenvalue weighted by Crippen LogP contribution is 2.14. The second-order valence-corrected chi connectivity index (χ2v) is 7.99. The quantitative estimate of drug-likeness (QED) is 0.651. The molecule has 0 aliphatic rings. The molecule has 1 N–H and O–H groups in total. The Hall–Kier alpha value is 0.0969. The molecule has 3 nitrogen and oxygen atoms in total. The molecule has 0 saturated heterocycles. The van der Waals surface area contributed by atoms with Gasteiger partial charge in [-0.25, -0.2) is 0 Å². The van der Waals surface area contributed by atoms with Crippen molar-refractivity contribution in [2.75, 3.05) is 33.7 Å². The molecule has 0 aromatic rings. The molecule has 0 saturated carbocycles. The largest absolute Gasteiger partial charge is 0.313 e. The Bertz CT molecular complexity index is 148. The van der Waals surface area contributed by atoms with E-state index in [-0.39, 0.29) is 0 Å². The fourth-order valence-corrected chi connectivity index (χ4v) is 6.30. The van der Waals surface area contributed by atoms with Crippen molar-refractivity contribution < 1.29 is 0 Å². The molecule has 86 valence electrons. The smallest absolute Gasteiger partial charge is 0.286 e. The fourth-order valence-electron chi connectivity index (χ4n) is 2.25. The molecule has 0 bridgehead atoms. The van der Waals surface area contributed by atoms with Crippen LogP contribution in [0.25, 0.3) is 0 Å². The lowest BCUT2D eigenvalue weighted by molar-refractivity contribution is 0.379. The highest BCUT2D eigenvalue weighted by Gasteiger charge is 2.39. The van der Waals surface area contributed by atoms with Gasteiger partial charge in [0.1, 0.15) is 0 Å². The zero-order valence-electron chi connectivity index (χ0n) is 10.7. The van der Waals surface area contributed by atoms with Crippen molar-refractivity contribution >= 4 is 8.56 Å². The monoisotopic (exact) mass is 217 g/mol. The molecular weight excluding hydrogens is 190 g/mol. The van der Waals surface area contributed by atoms with Crippen LogP contribution in [0.1, 0.15) is 27.7 Å². The average Bonchev–Trinajstić information content (AvgIpc) is 2.17. The molecule has 0 aliphatic carbocycles. The first-order valence-electron chi connectivity index (χ1n) is 5.76. The van der Waals surface area contributed by atoms with E-state index in [9.17, 15) is 0 Å². The van der Waals surface area contributed by atoms with Crippen LogP contribution in [0, 0.1) is 0 Å². The van der Waals surface area contributed by atoms with Gasteiger partial charge >= 0.3 is 0 Å². The van der Waals surface area contributed by atoms with Crippen molar-refractivity contribution in [2.24, 2.45) is 0 Å². The van der Waals surface area contributed by atoms with Crippen LogP contribution >= 0.6 is 0 Å². The fraction of sp³-hybridized carbons (Fsp3) is 1.00. The Labute approximate surface area is 90.7 Å². The summed E-state index contributed by atoms with van der Waals surface area (Å²) in [5, 5.41) is 0. The Morgan fingerprint density at radius 1 is 1.00 bits per heavy atom. The molecule has 0 heterocycles. The van der Waals surface area contributed by atoms with Gasteiger partial charge in [0.25, 0.3) is 8.56 Å². The van der Waals surface area contributed by atoms with Gasteiger partial charge in [-0.3, -0.25) is 0 Å². The summed E-state index contributed by atoms with van der Waals surface area (Å²) >= 11 is 0. The highest BCUT2D eigenvalue weighted by atomic mass is 28.4. The normalized spacial score (nSPS) is 16.3. The first-order valence-corrected chi connectivity index (χ1v) is 7.86.